The number of hydrogen-bond donors (Lipinski definition) is 2. The maximum absolute atomic E-state index is 13.0. The second-order valence-corrected chi connectivity index (χ2v) is 11.3. The normalized spacial score (nSPS) is 13.0. The molecule has 2 aromatic rings. The molecule has 0 bridgehead atoms. The third kappa shape index (κ3) is 6.21. The molecule has 176 valence electrons. The predicted molar refractivity (Wildman–Crippen MR) is 125 cm³/mol. The first kappa shape index (κ1) is 25.6. The molecule has 0 aromatic heterocycles. The first-order chi connectivity index (χ1) is 14.8. The molecule has 0 radical (unpaired) electrons. The largest absolute Gasteiger partial charge is 0.495 e. The number of sulfonamides is 2. The molecule has 11 heteroatoms. The van der Waals surface area contributed by atoms with Crippen LogP contribution >= 0.6 is 0 Å². The van der Waals surface area contributed by atoms with Gasteiger partial charge < -0.3 is 10.1 Å². The molecular formula is C21H29N3O6S2. The Labute approximate surface area is 189 Å². The maximum Gasteiger partial charge on any atom is 0.248 e. The lowest BCUT2D eigenvalue weighted by atomic mass is 10.2. The van der Waals surface area contributed by atoms with Gasteiger partial charge >= 0.3 is 0 Å². The first-order valence-electron chi connectivity index (χ1n) is 9.83. The van der Waals surface area contributed by atoms with Crippen LogP contribution in [0, 0.1) is 6.92 Å². The van der Waals surface area contributed by atoms with E-state index in [1.807, 2.05) is 6.92 Å². The fraction of sp³-hybridized carbons (Fsp3) is 0.381. The molecule has 2 rings (SSSR count). The van der Waals surface area contributed by atoms with Gasteiger partial charge in [-0.15, -0.1) is 0 Å². The molecule has 0 aliphatic heterocycles. The molecule has 0 unspecified atom stereocenters. The molecule has 1 amide bonds. The Hall–Kier alpha value is -2.63. The van der Waals surface area contributed by atoms with E-state index in [1.54, 1.807) is 38.1 Å². The number of methoxy groups -OCH3 is 1. The molecule has 0 spiro atoms. The average Bonchev–Trinajstić information content (AvgIpc) is 2.67. The van der Waals surface area contributed by atoms with Crippen molar-refractivity contribution in [1.82, 2.24) is 4.72 Å². The maximum atomic E-state index is 13.0. The SMILES string of the molecule is COc1ccc(S(=O)(=O)NC(C)C)cc1NC(=O)[C@H](C)N(c1ccc(C)cc1)S(C)(=O)=O. The summed E-state index contributed by atoms with van der Waals surface area (Å²) in [5.74, 6) is -0.420. The Balaban J connectivity index is 2.41. The van der Waals surface area contributed by atoms with Crippen LogP contribution in [0.5, 0.6) is 5.75 Å². The lowest BCUT2D eigenvalue weighted by Crippen LogP contribution is -2.45. The smallest absolute Gasteiger partial charge is 0.248 e. The minimum Gasteiger partial charge on any atom is -0.495 e. The van der Waals surface area contributed by atoms with Crippen LogP contribution in [0.3, 0.4) is 0 Å². The van der Waals surface area contributed by atoms with Gasteiger partial charge in [-0.1, -0.05) is 17.7 Å². The molecule has 2 aromatic carbocycles. The lowest BCUT2D eigenvalue weighted by molar-refractivity contribution is -0.116. The molecule has 0 aliphatic rings. The summed E-state index contributed by atoms with van der Waals surface area (Å²) in [4.78, 5) is 12.9. The van der Waals surface area contributed by atoms with Crippen molar-refractivity contribution in [3.63, 3.8) is 0 Å². The van der Waals surface area contributed by atoms with E-state index in [-0.39, 0.29) is 22.4 Å². The van der Waals surface area contributed by atoms with Gasteiger partial charge in [-0.25, -0.2) is 21.6 Å². The Morgan fingerprint density at radius 1 is 1.00 bits per heavy atom. The van der Waals surface area contributed by atoms with Gasteiger partial charge in [0.2, 0.25) is 26.0 Å². The Bertz CT molecular complexity index is 1180. The number of anilines is 2. The van der Waals surface area contributed by atoms with Gasteiger partial charge in [-0.3, -0.25) is 9.10 Å². The van der Waals surface area contributed by atoms with Crippen molar-refractivity contribution in [2.24, 2.45) is 0 Å². The molecule has 0 aliphatic carbocycles. The zero-order valence-electron chi connectivity index (χ0n) is 18.9. The lowest BCUT2D eigenvalue weighted by Gasteiger charge is -2.28. The van der Waals surface area contributed by atoms with Gasteiger partial charge in [0.1, 0.15) is 11.8 Å². The van der Waals surface area contributed by atoms with Crippen molar-refractivity contribution in [2.75, 3.05) is 23.0 Å². The topological polar surface area (TPSA) is 122 Å². The van der Waals surface area contributed by atoms with Crippen molar-refractivity contribution >= 4 is 37.3 Å². The Kier molecular flexibility index (Phi) is 7.92. The number of aryl methyl sites for hydroxylation is 1. The van der Waals surface area contributed by atoms with E-state index in [4.69, 9.17) is 4.74 Å². The number of rotatable bonds is 9. The van der Waals surface area contributed by atoms with Crippen molar-refractivity contribution in [2.45, 2.75) is 44.7 Å². The van der Waals surface area contributed by atoms with E-state index in [2.05, 4.69) is 10.0 Å². The summed E-state index contributed by atoms with van der Waals surface area (Å²) in [5, 5.41) is 2.60. The van der Waals surface area contributed by atoms with E-state index >= 15 is 0 Å². The van der Waals surface area contributed by atoms with Gasteiger partial charge in [-0.05, 0) is 58.0 Å². The zero-order chi connectivity index (χ0) is 24.3. The molecule has 0 saturated heterocycles. The fourth-order valence-electron chi connectivity index (χ4n) is 3.07. The third-order valence-corrected chi connectivity index (χ3v) is 7.40. The second kappa shape index (κ2) is 9.88. The van der Waals surface area contributed by atoms with E-state index in [0.29, 0.717) is 5.69 Å². The monoisotopic (exact) mass is 483 g/mol. The van der Waals surface area contributed by atoms with Gasteiger partial charge in [0.25, 0.3) is 0 Å². The van der Waals surface area contributed by atoms with Crippen LogP contribution in [0.2, 0.25) is 0 Å². The molecule has 2 N–H and O–H groups in total. The number of hydrogen-bond acceptors (Lipinski definition) is 6. The van der Waals surface area contributed by atoms with Gasteiger partial charge in [0.05, 0.1) is 29.6 Å². The van der Waals surface area contributed by atoms with Crippen LogP contribution in [0.15, 0.2) is 47.4 Å². The fourth-order valence-corrected chi connectivity index (χ4v) is 5.52. The van der Waals surface area contributed by atoms with Gasteiger partial charge in [-0.2, -0.15) is 0 Å². The number of nitrogens with zero attached hydrogens (tertiary/aromatic N) is 1. The minimum absolute atomic E-state index is 0.0616. The van der Waals surface area contributed by atoms with Crippen LogP contribution in [0.25, 0.3) is 0 Å². The van der Waals surface area contributed by atoms with Gasteiger partial charge in [0.15, 0.2) is 0 Å². The van der Waals surface area contributed by atoms with E-state index in [1.165, 1.54) is 32.2 Å². The number of amides is 1. The van der Waals surface area contributed by atoms with Crippen molar-refractivity contribution in [3.05, 3.63) is 48.0 Å². The van der Waals surface area contributed by atoms with Crippen molar-refractivity contribution in [1.29, 1.82) is 0 Å². The summed E-state index contributed by atoms with van der Waals surface area (Å²) < 4.78 is 58.7. The molecule has 0 heterocycles. The summed E-state index contributed by atoms with van der Waals surface area (Å²) in [5.41, 5.74) is 1.38. The van der Waals surface area contributed by atoms with Crippen LogP contribution < -0.4 is 19.1 Å². The molecule has 9 nitrogen and oxygen atoms in total. The summed E-state index contributed by atoms with van der Waals surface area (Å²) in [6, 6.07) is 9.34. The quantitative estimate of drug-likeness (QED) is 0.565. The number of carbonyl (C=O) groups is 1. The second-order valence-electron chi connectivity index (χ2n) is 7.70. The van der Waals surface area contributed by atoms with E-state index < -0.39 is 32.0 Å². The highest BCUT2D eigenvalue weighted by molar-refractivity contribution is 7.92. The van der Waals surface area contributed by atoms with Crippen molar-refractivity contribution < 1.29 is 26.4 Å². The summed E-state index contributed by atoms with van der Waals surface area (Å²) in [6.45, 7) is 6.70. The average molecular weight is 484 g/mol. The first-order valence-corrected chi connectivity index (χ1v) is 13.2. The highest BCUT2D eigenvalue weighted by Crippen LogP contribution is 2.29. The molecule has 0 fully saturated rings. The number of carbonyl (C=O) groups excluding carboxylic acids is 1. The Morgan fingerprint density at radius 2 is 1.59 bits per heavy atom. The Morgan fingerprint density at radius 3 is 2.09 bits per heavy atom. The summed E-state index contributed by atoms with van der Waals surface area (Å²) in [7, 11) is -6.23. The van der Waals surface area contributed by atoms with Crippen LogP contribution in [0.4, 0.5) is 11.4 Å². The van der Waals surface area contributed by atoms with E-state index in [9.17, 15) is 21.6 Å². The van der Waals surface area contributed by atoms with E-state index in [0.717, 1.165) is 16.1 Å². The number of benzene rings is 2. The van der Waals surface area contributed by atoms with Crippen LogP contribution in [-0.4, -0.2) is 48.2 Å². The number of nitrogens with one attached hydrogen (secondary N) is 2. The summed E-state index contributed by atoms with van der Waals surface area (Å²) in [6.07, 6.45) is 1.02. The zero-order valence-corrected chi connectivity index (χ0v) is 20.5. The van der Waals surface area contributed by atoms with Crippen molar-refractivity contribution in [3.8, 4) is 5.75 Å². The molecule has 1 atom stereocenters. The third-order valence-electron chi connectivity index (χ3n) is 4.51. The molecule has 0 saturated carbocycles. The molecule has 32 heavy (non-hydrogen) atoms. The van der Waals surface area contributed by atoms with Crippen LogP contribution in [0.1, 0.15) is 26.3 Å². The van der Waals surface area contributed by atoms with Gasteiger partial charge in [0, 0.05) is 6.04 Å². The molecular weight excluding hydrogens is 454 g/mol. The standard InChI is InChI=1S/C21H29N3O6S2/c1-14(2)23-32(28,29)18-11-12-20(30-5)19(13-18)22-21(25)16(4)24(31(6,26)27)17-9-7-15(3)8-10-17/h7-14,16,23H,1-6H3,(H,22,25)/t16-/m0/s1. The van der Waals surface area contributed by atoms with Crippen LogP contribution in [-0.2, 0) is 24.8 Å². The minimum atomic E-state index is -3.81. The highest BCUT2D eigenvalue weighted by Gasteiger charge is 2.30. The predicted octanol–water partition coefficient (Wildman–Crippen LogP) is 2.48. The summed E-state index contributed by atoms with van der Waals surface area (Å²) >= 11 is 0. The number of ether oxygens (including phenoxy) is 1. The highest BCUT2D eigenvalue weighted by atomic mass is 32.2.